The van der Waals surface area contributed by atoms with Gasteiger partial charge in [-0.2, -0.15) is 18.3 Å². The molecular weight excluding hydrogens is 251 g/mol. The maximum Gasteiger partial charge on any atom is 0.423 e. The average molecular weight is 258 g/mol. The summed E-state index contributed by atoms with van der Waals surface area (Å²) in [6, 6.07) is 0. The Hall–Kier alpha value is -1.28. The normalized spacial score (nSPS) is 15.9. The lowest BCUT2D eigenvalue weighted by Crippen LogP contribution is -2.57. The standard InChI is InChI=1S/C7H7ClF3N3O2/c1-14-4(3(8)2-13-14)6(12,5(15)16)7(9,10)11/h2H,12H2,1H3,(H,15,16). The van der Waals surface area contributed by atoms with Gasteiger partial charge < -0.3 is 10.8 Å². The molecule has 1 aromatic heterocycles. The highest BCUT2D eigenvalue weighted by atomic mass is 35.5. The molecule has 0 fully saturated rings. The maximum absolute atomic E-state index is 12.7. The summed E-state index contributed by atoms with van der Waals surface area (Å²) in [7, 11) is 1.12. The molecule has 0 bridgehead atoms. The molecule has 0 aliphatic heterocycles. The van der Waals surface area contributed by atoms with E-state index in [1.54, 1.807) is 0 Å². The summed E-state index contributed by atoms with van der Waals surface area (Å²) < 4.78 is 38.7. The zero-order valence-corrected chi connectivity index (χ0v) is 8.67. The number of halogens is 4. The highest BCUT2D eigenvalue weighted by Gasteiger charge is 2.62. The van der Waals surface area contributed by atoms with Crippen molar-refractivity contribution in [3.63, 3.8) is 0 Å². The van der Waals surface area contributed by atoms with Gasteiger partial charge in [-0.05, 0) is 0 Å². The fourth-order valence-corrected chi connectivity index (χ4v) is 1.53. The van der Waals surface area contributed by atoms with Crippen molar-refractivity contribution in [2.45, 2.75) is 11.7 Å². The lowest BCUT2D eigenvalue weighted by atomic mass is 9.96. The Balaban J connectivity index is 3.52. The second-order valence-electron chi connectivity index (χ2n) is 3.08. The summed E-state index contributed by atoms with van der Waals surface area (Å²) in [5.74, 6) is -2.24. The Kier molecular flexibility index (Phi) is 2.90. The van der Waals surface area contributed by atoms with Crippen molar-refractivity contribution in [1.29, 1.82) is 0 Å². The lowest BCUT2D eigenvalue weighted by Gasteiger charge is -2.27. The molecule has 0 amide bonds. The van der Waals surface area contributed by atoms with Crippen molar-refractivity contribution in [3.8, 4) is 0 Å². The van der Waals surface area contributed by atoms with Gasteiger partial charge in [-0.1, -0.05) is 11.6 Å². The Morgan fingerprint density at radius 3 is 2.38 bits per heavy atom. The number of rotatable bonds is 2. The molecule has 3 N–H and O–H groups in total. The van der Waals surface area contributed by atoms with Gasteiger partial charge in [0.05, 0.1) is 16.9 Å². The number of aryl methyl sites for hydroxylation is 1. The van der Waals surface area contributed by atoms with Crippen molar-refractivity contribution in [2.75, 3.05) is 0 Å². The molecule has 0 saturated heterocycles. The largest absolute Gasteiger partial charge is 0.479 e. The van der Waals surface area contributed by atoms with Crippen molar-refractivity contribution in [1.82, 2.24) is 9.78 Å². The van der Waals surface area contributed by atoms with E-state index in [4.69, 9.17) is 22.4 Å². The van der Waals surface area contributed by atoms with E-state index in [1.165, 1.54) is 0 Å². The van der Waals surface area contributed by atoms with Gasteiger partial charge in [0, 0.05) is 7.05 Å². The third-order valence-electron chi connectivity index (χ3n) is 2.05. The predicted octanol–water partition coefficient (Wildman–Crippen LogP) is 0.874. The van der Waals surface area contributed by atoms with Gasteiger partial charge in [0.2, 0.25) is 0 Å². The molecular formula is C7H7ClF3N3O2. The van der Waals surface area contributed by atoms with Crippen LogP contribution in [0.25, 0.3) is 0 Å². The molecule has 0 aliphatic rings. The number of hydrogen-bond donors (Lipinski definition) is 2. The summed E-state index contributed by atoms with van der Waals surface area (Å²) in [4.78, 5) is 10.7. The summed E-state index contributed by atoms with van der Waals surface area (Å²) in [5, 5.41) is 11.6. The number of carboxylic acids is 1. The van der Waals surface area contributed by atoms with E-state index >= 15 is 0 Å². The summed E-state index contributed by atoms with van der Waals surface area (Å²) in [6.07, 6.45) is -4.29. The number of alkyl halides is 3. The van der Waals surface area contributed by atoms with Crippen LogP contribution in [0.4, 0.5) is 13.2 Å². The van der Waals surface area contributed by atoms with Crippen LogP contribution in [0.3, 0.4) is 0 Å². The summed E-state index contributed by atoms with van der Waals surface area (Å²) in [6.45, 7) is 0. The van der Waals surface area contributed by atoms with Crippen LogP contribution in [0.1, 0.15) is 5.69 Å². The topological polar surface area (TPSA) is 81.1 Å². The van der Waals surface area contributed by atoms with Crippen LogP contribution in [0.2, 0.25) is 5.02 Å². The first-order valence-corrected chi connectivity index (χ1v) is 4.27. The van der Waals surface area contributed by atoms with Gasteiger partial charge >= 0.3 is 12.1 Å². The van der Waals surface area contributed by atoms with Gasteiger partial charge in [-0.15, -0.1) is 0 Å². The fourth-order valence-electron chi connectivity index (χ4n) is 1.21. The second-order valence-corrected chi connectivity index (χ2v) is 3.48. The van der Waals surface area contributed by atoms with Gasteiger partial charge in [0.1, 0.15) is 0 Å². The Morgan fingerprint density at radius 1 is 1.62 bits per heavy atom. The number of aromatic nitrogens is 2. The fraction of sp³-hybridized carbons (Fsp3) is 0.429. The average Bonchev–Trinajstić information content (AvgIpc) is 2.43. The highest BCUT2D eigenvalue weighted by molar-refractivity contribution is 6.31. The molecule has 0 aliphatic carbocycles. The van der Waals surface area contributed by atoms with E-state index in [0.29, 0.717) is 4.68 Å². The van der Waals surface area contributed by atoms with Crippen LogP contribution < -0.4 is 5.73 Å². The number of carbonyl (C=O) groups is 1. The lowest BCUT2D eigenvalue weighted by molar-refractivity contribution is -0.206. The van der Waals surface area contributed by atoms with Crippen LogP contribution in [0.15, 0.2) is 6.20 Å². The Bertz CT molecular complexity index is 412. The van der Waals surface area contributed by atoms with E-state index in [0.717, 1.165) is 13.2 Å². The van der Waals surface area contributed by atoms with Crippen LogP contribution in [0, 0.1) is 0 Å². The molecule has 1 atom stereocenters. The quantitative estimate of drug-likeness (QED) is 0.824. The highest BCUT2D eigenvalue weighted by Crippen LogP contribution is 2.39. The first-order chi connectivity index (χ1) is 7.12. The molecule has 9 heteroatoms. The van der Waals surface area contributed by atoms with E-state index in [2.05, 4.69) is 5.10 Å². The predicted molar refractivity (Wildman–Crippen MR) is 47.8 cm³/mol. The third kappa shape index (κ3) is 1.63. The number of aliphatic carboxylic acids is 1. The smallest absolute Gasteiger partial charge is 0.423 e. The molecule has 90 valence electrons. The summed E-state index contributed by atoms with van der Waals surface area (Å²) >= 11 is 5.45. The Labute approximate surface area is 92.6 Å². The van der Waals surface area contributed by atoms with Crippen LogP contribution in [-0.4, -0.2) is 27.0 Å². The molecule has 0 saturated carbocycles. The molecule has 1 rings (SSSR count). The first-order valence-electron chi connectivity index (χ1n) is 3.89. The molecule has 5 nitrogen and oxygen atoms in total. The maximum atomic E-state index is 12.7. The molecule has 1 aromatic rings. The van der Waals surface area contributed by atoms with Crippen LogP contribution in [0.5, 0.6) is 0 Å². The minimum atomic E-state index is -5.18. The van der Waals surface area contributed by atoms with E-state index in [-0.39, 0.29) is 0 Å². The van der Waals surface area contributed by atoms with E-state index in [9.17, 15) is 18.0 Å². The molecule has 16 heavy (non-hydrogen) atoms. The Morgan fingerprint density at radius 2 is 2.12 bits per heavy atom. The molecule has 1 unspecified atom stereocenters. The van der Waals surface area contributed by atoms with Gasteiger partial charge in [-0.3, -0.25) is 4.68 Å². The molecule has 1 heterocycles. The molecule has 0 radical (unpaired) electrons. The minimum Gasteiger partial charge on any atom is -0.479 e. The van der Waals surface area contributed by atoms with Crippen molar-refractivity contribution in [3.05, 3.63) is 16.9 Å². The van der Waals surface area contributed by atoms with Crippen molar-refractivity contribution < 1.29 is 23.1 Å². The number of carboxylic acid groups (broad SMARTS) is 1. The second kappa shape index (κ2) is 3.63. The van der Waals surface area contributed by atoms with E-state index < -0.39 is 28.4 Å². The van der Waals surface area contributed by atoms with Crippen molar-refractivity contribution >= 4 is 17.6 Å². The zero-order chi connectivity index (χ0) is 12.7. The zero-order valence-electron chi connectivity index (χ0n) is 7.92. The third-order valence-corrected chi connectivity index (χ3v) is 2.33. The van der Waals surface area contributed by atoms with Crippen LogP contribution >= 0.6 is 11.6 Å². The van der Waals surface area contributed by atoms with Crippen LogP contribution in [-0.2, 0) is 17.4 Å². The number of nitrogens with zero attached hydrogens (tertiary/aromatic N) is 2. The van der Waals surface area contributed by atoms with Gasteiger partial charge in [0.15, 0.2) is 0 Å². The molecule has 0 aromatic carbocycles. The monoisotopic (exact) mass is 257 g/mol. The summed E-state index contributed by atoms with van der Waals surface area (Å²) in [5.41, 5.74) is 0.530. The SMILES string of the molecule is Cn1ncc(Cl)c1C(N)(C(=O)O)C(F)(F)F. The minimum absolute atomic E-state index is 0.454. The van der Waals surface area contributed by atoms with Gasteiger partial charge in [0.25, 0.3) is 5.54 Å². The van der Waals surface area contributed by atoms with E-state index in [1.807, 2.05) is 0 Å². The van der Waals surface area contributed by atoms with Gasteiger partial charge in [-0.25, -0.2) is 4.79 Å². The number of nitrogens with two attached hydrogens (primary N) is 1. The molecule has 0 spiro atoms. The van der Waals surface area contributed by atoms with Crippen molar-refractivity contribution in [2.24, 2.45) is 12.8 Å². The number of hydrogen-bond acceptors (Lipinski definition) is 3. The first kappa shape index (κ1) is 12.8.